The van der Waals surface area contributed by atoms with Gasteiger partial charge in [-0.05, 0) is 24.6 Å². The van der Waals surface area contributed by atoms with Gasteiger partial charge < -0.3 is 25.8 Å². The third kappa shape index (κ3) is 2.28. The Morgan fingerprint density at radius 2 is 2.05 bits per heavy atom. The minimum absolute atomic E-state index is 0.256. The molecule has 3 aromatic rings. The van der Waals surface area contributed by atoms with Crippen LogP contribution in [0.4, 0.5) is 11.4 Å². The molecule has 0 aliphatic heterocycles. The summed E-state index contributed by atoms with van der Waals surface area (Å²) in [5.74, 6) is 0. The number of benzene rings is 2. The first-order valence-corrected chi connectivity index (χ1v) is 7.32. The van der Waals surface area contributed by atoms with Crippen LogP contribution in [0.1, 0.15) is 5.56 Å². The highest BCUT2D eigenvalue weighted by Crippen LogP contribution is 2.37. The van der Waals surface area contributed by atoms with Gasteiger partial charge in [-0.3, -0.25) is 0 Å². The second kappa shape index (κ2) is 5.51. The molecule has 0 bridgehead atoms. The smallest absolute Gasteiger partial charge is 0.0945 e. The van der Waals surface area contributed by atoms with Crippen LogP contribution in [-0.4, -0.2) is 41.5 Å². The minimum atomic E-state index is -0.776. The Morgan fingerprint density at radius 3 is 2.77 bits per heavy atom. The van der Waals surface area contributed by atoms with Crippen molar-refractivity contribution in [1.82, 2.24) is 4.98 Å². The fraction of sp³-hybridized carbons (Fsp3) is 0.294. The molecular weight excluding hydrogens is 278 g/mol. The SMILES string of the molecule is Cc1cc(N(C)CC(O)CO)c2[nH]c3ccccc3c2c1N. The highest BCUT2D eigenvalue weighted by Gasteiger charge is 2.17. The molecule has 116 valence electrons. The summed E-state index contributed by atoms with van der Waals surface area (Å²) in [6.07, 6.45) is -0.776. The van der Waals surface area contributed by atoms with E-state index in [9.17, 15) is 5.11 Å². The number of nitrogens with zero attached hydrogens (tertiary/aromatic N) is 1. The number of aliphatic hydroxyl groups excluding tert-OH is 2. The molecule has 0 aliphatic rings. The van der Waals surface area contributed by atoms with Crippen LogP contribution in [0, 0.1) is 6.92 Å². The van der Waals surface area contributed by atoms with Crippen molar-refractivity contribution >= 4 is 33.2 Å². The third-order valence-electron chi connectivity index (χ3n) is 4.12. The van der Waals surface area contributed by atoms with Crippen molar-refractivity contribution < 1.29 is 10.2 Å². The number of H-pyrrole nitrogens is 1. The van der Waals surface area contributed by atoms with E-state index < -0.39 is 6.10 Å². The van der Waals surface area contributed by atoms with E-state index >= 15 is 0 Å². The largest absolute Gasteiger partial charge is 0.398 e. The minimum Gasteiger partial charge on any atom is -0.398 e. The molecule has 22 heavy (non-hydrogen) atoms. The number of aromatic nitrogens is 1. The van der Waals surface area contributed by atoms with Crippen molar-refractivity contribution in [1.29, 1.82) is 0 Å². The van der Waals surface area contributed by atoms with Crippen LogP contribution in [-0.2, 0) is 0 Å². The highest BCUT2D eigenvalue weighted by molar-refractivity contribution is 6.17. The number of para-hydroxylation sites is 1. The van der Waals surface area contributed by atoms with Crippen molar-refractivity contribution in [2.75, 3.05) is 30.8 Å². The monoisotopic (exact) mass is 299 g/mol. The van der Waals surface area contributed by atoms with E-state index in [-0.39, 0.29) is 6.61 Å². The summed E-state index contributed by atoms with van der Waals surface area (Å²) < 4.78 is 0. The van der Waals surface area contributed by atoms with Gasteiger partial charge in [-0.1, -0.05) is 18.2 Å². The zero-order valence-corrected chi connectivity index (χ0v) is 12.8. The zero-order chi connectivity index (χ0) is 15.9. The van der Waals surface area contributed by atoms with E-state index in [4.69, 9.17) is 10.8 Å². The van der Waals surface area contributed by atoms with Crippen LogP contribution in [0.5, 0.6) is 0 Å². The second-order valence-corrected chi connectivity index (χ2v) is 5.76. The molecule has 3 rings (SSSR count). The number of anilines is 2. The van der Waals surface area contributed by atoms with Gasteiger partial charge in [-0.2, -0.15) is 0 Å². The van der Waals surface area contributed by atoms with Gasteiger partial charge in [0.15, 0.2) is 0 Å². The topological polar surface area (TPSA) is 85.5 Å². The van der Waals surface area contributed by atoms with Crippen LogP contribution in [0.3, 0.4) is 0 Å². The Labute approximate surface area is 129 Å². The molecule has 0 saturated heterocycles. The zero-order valence-electron chi connectivity index (χ0n) is 12.8. The molecule has 0 saturated carbocycles. The maximum absolute atomic E-state index is 9.70. The van der Waals surface area contributed by atoms with Gasteiger partial charge in [0.05, 0.1) is 23.9 Å². The molecular formula is C17H21N3O2. The first kappa shape index (κ1) is 14.7. The molecule has 5 N–H and O–H groups in total. The Hall–Kier alpha value is -2.24. The summed E-state index contributed by atoms with van der Waals surface area (Å²) >= 11 is 0. The van der Waals surface area contributed by atoms with Gasteiger partial charge in [0.1, 0.15) is 0 Å². The van der Waals surface area contributed by atoms with Gasteiger partial charge in [-0.25, -0.2) is 0 Å². The number of aromatic amines is 1. The average molecular weight is 299 g/mol. The van der Waals surface area contributed by atoms with E-state index in [2.05, 4.69) is 11.1 Å². The Kier molecular flexibility index (Phi) is 3.68. The number of aryl methyl sites for hydroxylation is 1. The molecule has 1 heterocycles. The molecule has 0 spiro atoms. The average Bonchev–Trinajstić information content (AvgIpc) is 2.90. The molecule has 5 nitrogen and oxygen atoms in total. The van der Waals surface area contributed by atoms with Gasteiger partial charge in [0.25, 0.3) is 0 Å². The predicted molar refractivity (Wildman–Crippen MR) is 91.3 cm³/mol. The predicted octanol–water partition coefficient (Wildman–Crippen LogP) is 2.00. The Balaban J connectivity index is 2.24. The molecule has 0 fully saturated rings. The molecule has 2 aromatic carbocycles. The van der Waals surface area contributed by atoms with E-state index in [1.54, 1.807) is 0 Å². The number of nitrogens with two attached hydrogens (primary N) is 1. The first-order valence-electron chi connectivity index (χ1n) is 7.32. The van der Waals surface area contributed by atoms with E-state index in [1.165, 1.54) is 0 Å². The molecule has 0 radical (unpaired) electrons. The summed E-state index contributed by atoms with van der Waals surface area (Å²) in [5.41, 5.74) is 11.0. The van der Waals surface area contributed by atoms with Crippen LogP contribution < -0.4 is 10.6 Å². The first-order chi connectivity index (χ1) is 10.5. The number of likely N-dealkylation sites (N-methyl/N-ethyl adjacent to an activating group) is 1. The highest BCUT2D eigenvalue weighted by atomic mass is 16.3. The fourth-order valence-electron chi connectivity index (χ4n) is 2.94. The number of rotatable bonds is 4. The Morgan fingerprint density at radius 1 is 1.32 bits per heavy atom. The van der Waals surface area contributed by atoms with Crippen molar-refractivity contribution in [3.63, 3.8) is 0 Å². The number of hydrogen-bond donors (Lipinski definition) is 4. The van der Waals surface area contributed by atoms with E-state index in [1.807, 2.05) is 43.1 Å². The second-order valence-electron chi connectivity index (χ2n) is 5.76. The number of nitrogens with one attached hydrogen (secondary N) is 1. The Bertz CT molecular complexity index is 825. The lowest BCUT2D eigenvalue weighted by atomic mass is 10.0. The standard InChI is InChI=1S/C17H21N3O2/c1-10-7-14(20(2)8-11(22)9-21)17-15(16(10)18)12-5-3-4-6-13(12)19-17/h3-7,11,19,21-22H,8-9,18H2,1-2H3. The quantitative estimate of drug-likeness (QED) is 0.555. The molecule has 5 heteroatoms. The third-order valence-corrected chi connectivity index (χ3v) is 4.12. The number of nitrogen functional groups attached to an aromatic ring is 1. The molecule has 0 aliphatic carbocycles. The summed E-state index contributed by atoms with van der Waals surface area (Å²) in [4.78, 5) is 5.36. The van der Waals surface area contributed by atoms with Crippen LogP contribution >= 0.6 is 0 Å². The summed E-state index contributed by atoms with van der Waals surface area (Å²) in [6.45, 7) is 2.08. The maximum atomic E-state index is 9.70. The molecule has 1 aromatic heterocycles. The van der Waals surface area contributed by atoms with Crippen LogP contribution in [0.25, 0.3) is 21.8 Å². The number of fused-ring (bicyclic) bond motifs is 3. The fourth-order valence-corrected chi connectivity index (χ4v) is 2.94. The van der Waals surface area contributed by atoms with E-state index in [0.717, 1.165) is 38.7 Å². The van der Waals surface area contributed by atoms with Crippen molar-refractivity contribution in [2.24, 2.45) is 0 Å². The summed E-state index contributed by atoms with van der Waals surface area (Å²) in [7, 11) is 1.90. The van der Waals surface area contributed by atoms with Gasteiger partial charge in [-0.15, -0.1) is 0 Å². The van der Waals surface area contributed by atoms with Crippen molar-refractivity contribution in [2.45, 2.75) is 13.0 Å². The lowest BCUT2D eigenvalue weighted by Gasteiger charge is -2.23. The number of aliphatic hydroxyl groups is 2. The van der Waals surface area contributed by atoms with Gasteiger partial charge in [0.2, 0.25) is 0 Å². The lowest BCUT2D eigenvalue weighted by Crippen LogP contribution is -2.31. The summed E-state index contributed by atoms with van der Waals surface area (Å²) in [5, 5.41) is 20.9. The van der Waals surface area contributed by atoms with Crippen molar-refractivity contribution in [3.8, 4) is 0 Å². The molecule has 0 amide bonds. The number of hydrogen-bond acceptors (Lipinski definition) is 4. The normalized spacial score (nSPS) is 12.9. The van der Waals surface area contributed by atoms with Gasteiger partial charge >= 0.3 is 0 Å². The van der Waals surface area contributed by atoms with E-state index in [0.29, 0.717) is 6.54 Å². The molecule has 1 unspecified atom stereocenters. The van der Waals surface area contributed by atoms with Gasteiger partial charge in [0, 0.05) is 35.6 Å². The summed E-state index contributed by atoms with van der Waals surface area (Å²) in [6, 6.07) is 10.1. The van der Waals surface area contributed by atoms with Crippen LogP contribution in [0.2, 0.25) is 0 Å². The van der Waals surface area contributed by atoms with Crippen LogP contribution in [0.15, 0.2) is 30.3 Å². The lowest BCUT2D eigenvalue weighted by molar-refractivity contribution is 0.101. The molecule has 1 atom stereocenters. The van der Waals surface area contributed by atoms with Crippen molar-refractivity contribution in [3.05, 3.63) is 35.9 Å². The maximum Gasteiger partial charge on any atom is 0.0945 e.